The number of hydrogen-bond acceptors (Lipinski definition) is 3. The van der Waals surface area contributed by atoms with Crippen molar-refractivity contribution in [2.24, 2.45) is 5.92 Å². The minimum Gasteiger partial charge on any atom is -0.358 e. The van der Waals surface area contributed by atoms with E-state index >= 15 is 0 Å². The molecule has 0 bridgehead atoms. The maximum atomic E-state index is 12.3. The van der Waals surface area contributed by atoms with Crippen molar-refractivity contribution in [3.8, 4) is 0 Å². The zero-order valence-electron chi connectivity index (χ0n) is 11.6. The minimum atomic E-state index is -0.494. The second-order valence-electron chi connectivity index (χ2n) is 5.15. The summed E-state index contributed by atoms with van der Waals surface area (Å²) in [6, 6.07) is 0. The number of aromatic nitrogens is 2. The van der Waals surface area contributed by atoms with Gasteiger partial charge in [-0.15, -0.1) is 23.2 Å². The number of nitrogens with one attached hydrogen (secondary N) is 1. The summed E-state index contributed by atoms with van der Waals surface area (Å²) in [5.74, 6) is 1.36. The molecule has 1 heterocycles. The Morgan fingerprint density at radius 2 is 2.05 bits per heavy atom. The molecule has 1 N–H and O–H groups in total. The summed E-state index contributed by atoms with van der Waals surface area (Å²) in [7, 11) is 0. The lowest BCUT2D eigenvalue weighted by Crippen LogP contribution is -2.44. The van der Waals surface area contributed by atoms with Crippen molar-refractivity contribution >= 4 is 29.0 Å². The number of halogens is 2. The molecule has 0 unspecified atom stereocenters. The Bertz CT molecular complexity index is 447. The number of anilines is 1. The smallest absolute Gasteiger partial charge is 0.293 e. The molecule has 0 saturated heterocycles. The second kappa shape index (κ2) is 7.15. The van der Waals surface area contributed by atoms with Crippen LogP contribution < -0.4 is 10.9 Å². The van der Waals surface area contributed by atoms with Gasteiger partial charge in [0.1, 0.15) is 0 Å². The van der Waals surface area contributed by atoms with Crippen molar-refractivity contribution in [2.75, 3.05) is 17.1 Å². The second-order valence-corrected chi connectivity index (χ2v) is 5.69. The van der Waals surface area contributed by atoms with Crippen molar-refractivity contribution in [3.05, 3.63) is 22.7 Å². The highest BCUT2D eigenvalue weighted by molar-refractivity contribution is 6.22. The van der Waals surface area contributed by atoms with Gasteiger partial charge in [-0.3, -0.25) is 4.79 Å². The maximum absolute atomic E-state index is 12.3. The zero-order chi connectivity index (χ0) is 14.5. The molecule has 0 fully saturated rings. The van der Waals surface area contributed by atoms with Gasteiger partial charge in [0.05, 0.1) is 5.54 Å². The SMILES string of the molecule is CCC(CCl)(CCl)Nc1nccn(CC(C)C)c1=O. The highest BCUT2D eigenvalue weighted by Gasteiger charge is 2.27. The highest BCUT2D eigenvalue weighted by atomic mass is 35.5. The van der Waals surface area contributed by atoms with Crippen LogP contribution in [0.1, 0.15) is 27.2 Å². The van der Waals surface area contributed by atoms with Crippen LogP contribution in [0.15, 0.2) is 17.2 Å². The molecule has 6 heteroatoms. The van der Waals surface area contributed by atoms with Crippen molar-refractivity contribution in [2.45, 2.75) is 39.3 Å². The van der Waals surface area contributed by atoms with E-state index in [1.807, 2.05) is 6.92 Å². The van der Waals surface area contributed by atoms with Gasteiger partial charge in [0.15, 0.2) is 5.82 Å². The molecule has 0 aliphatic rings. The van der Waals surface area contributed by atoms with Gasteiger partial charge in [-0.05, 0) is 12.3 Å². The Morgan fingerprint density at radius 3 is 2.53 bits per heavy atom. The van der Waals surface area contributed by atoms with E-state index < -0.39 is 5.54 Å². The molecular formula is C13H21Cl2N3O. The average molecular weight is 306 g/mol. The third-order valence-corrected chi connectivity index (χ3v) is 4.07. The molecule has 0 radical (unpaired) electrons. The summed E-state index contributed by atoms with van der Waals surface area (Å²) < 4.78 is 1.66. The lowest BCUT2D eigenvalue weighted by molar-refractivity contribution is 0.505. The number of nitrogens with zero attached hydrogens (tertiary/aromatic N) is 2. The van der Waals surface area contributed by atoms with Gasteiger partial charge in [-0.1, -0.05) is 20.8 Å². The number of alkyl halides is 2. The molecule has 1 aromatic rings. The predicted molar refractivity (Wildman–Crippen MR) is 81.4 cm³/mol. The van der Waals surface area contributed by atoms with E-state index in [0.717, 1.165) is 6.42 Å². The van der Waals surface area contributed by atoms with Crippen molar-refractivity contribution in [1.82, 2.24) is 9.55 Å². The van der Waals surface area contributed by atoms with E-state index in [1.165, 1.54) is 0 Å². The van der Waals surface area contributed by atoms with Crippen LogP contribution in [0.2, 0.25) is 0 Å². The summed E-state index contributed by atoms with van der Waals surface area (Å²) >= 11 is 11.9. The molecule has 0 amide bonds. The fourth-order valence-corrected chi connectivity index (χ4v) is 2.50. The summed E-state index contributed by atoms with van der Waals surface area (Å²) in [5, 5.41) is 3.12. The van der Waals surface area contributed by atoms with Crippen LogP contribution in [0.3, 0.4) is 0 Å². The molecule has 0 aliphatic heterocycles. The van der Waals surface area contributed by atoms with Crippen molar-refractivity contribution < 1.29 is 0 Å². The molecule has 1 rings (SSSR count). The van der Waals surface area contributed by atoms with Gasteiger partial charge in [0.25, 0.3) is 5.56 Å². The van der Waals surface area contributed by atoms with Crippen LogP contribution in [0.25, 0.3) is 0 Å². The quantitative estimate of drug-likeness (QED) is 0.788. The van der Waals surface area contributed by atoms with Gasteiger partial charge in [0, 0.05) is 30.7 Å². The first-order valence-electron chi connectivity index (χ1n) is 6.43. The molecular weight excluding hydrogens is 285 g/mol. The molecule has 0 aromatic carbocycles. The monoisotopic (exact) mass is 305 g/mol. The molecule has 0 atom stereocenters. The van der Waals surface area contributed by atoms with E-state index in [-0.39, 0.29) is 5.56 Å². The fraction of sp³-hybridized carbons (Fsp3) is 0.692. The first-order valence-corrected chi connectivity index (χ1v) is 7.50. The van der Waals surface area contributed by atoms with Crippen molar-refractivity contribution in [3.63, 3.8) is 0 Å². The first-order chi connectivity index (χ1) is 8.98. The predicted octanol–water partition coefficient (Wildman–Crippen LogP) is 2.94. The van der Waals surface area contributed by atoms with Gasteiger partial charge in [-0.25, -0.2) is 4.98 Å². The lowest BCUT2D eigenvalue weighted by Gasteiger charge is -2.29. The number of hydrogen-bond donors (Lipinski definition) is 1. The van der Waals surface area contributed by atoms with Gasteiger partial charge in [0.2, 0.25) is 0 Å². The van der Waals surface area contributed by atoms with Crippen molar-refractivity contribution in [1.29, 1.82) is 0 Å². The Hall–Kier alpha value is -0.740. The van der Waals surface area contributed by atoms with Gasteiger partial charge in [-0.2, -0.15) is 0 Å². The average Bonchev–Trinajstić information content (AvgIpc) is 2.40. The molecule has 0 spiro atoms. The lowest BCUT2D eigenvalue weighted by atomic mass is 10.0. The summed E-state index contributed by atoms with van der Waals surface area (Å²) in [6.45, 7) is 6.77. The van der Waals surface area contributed by atoms with E-state index in [9.17, 15) is 4.79 Å². The summed E-state index contributed by atoms with van der Waals surface area (Å²) in [5.41, 5.74) is -0.629. The molecule has 4 nitrogen and oxygen atoms in total. The zero-order valence-corrected chi connectivity index (χ0v) is 13.1. The Morgan fingerprint density at radius 1 is 1.42 bits per heavy atom. The largest absolute Gasteiger partial charge is 0.358 e. The van der Waals surface area contributed by atoms with Gasteiger partial charge >= 0.3 is 0 Å². The van der Waals surface area contributed by atoms with Crippen LogP contribution in [0, 0.1) is 5.92 Å². The molecule has 1 aromatic heterocycles. The van der Waals surface area contributed by atoms with Crippen LogP contribution >= 0.6 is 23.2 Å². The van der Waals surface area contributed by atoms with Crippen LogP contribution in [0.4, 0.5) is 5.82 Å². The molecule has 0 saturated carbocycles. The first kappa shape index (κ1) is 16.3. The van der Waals surface area contributed by atoms with Gasteiger partial charge < -0.3 is 9.88 Å². The third kappa shape index (κ3) is 4.11. The van der Waals surface area contributed by atoms with Crippen LogP contribution in [-0.4, -0.2) is 26.9 Å². The number of rotatable bonds is 7. The van der Waals surface area contributed by atoms with E-state index in [1.54, 1.807) is 17.0 Å². The normalized spacial score (nSPS) is 11.9. The van der Waals surface area contributed by atoms with E-state index in [4.69, 9.17) is 23.2 Å². The van der Waals surface area contributed by atoms with E-state index in [2.05, 4.69) is 24.1 Å². The van der Waals surface area contributed by atoms with E-state index in [0.29, 0.717) is 30.0 Å². The Labute approximate surface area is 124 Å². The highest BCUT2D eigenvalue weighted by Crippen LogP contribution is 2.19. The van der Waals surface area contributed by atoms with Crippen LogP contribution in [-0.2, 0) is 6.54 Å². The maximum Gasteiger partial charge on any atom is 0.293 e. The summed E-state index contributed by atoms with van der Waals surface area (Å²) in [6.07, 6.45) is 4.04. The molecule has 19 heavy (non-hydrogen) atoms. The Balaban J connectivity index is 3.05. The standard InChI is InChI=1S/C13H21Cl2N3O/c1-4-13(8-14,9-15)17-11-12(19)18(6-5-16-11)7-10(2)3/h5-6,10H,4,7-9H2,1-3H3,(H,16,17). The summed E-state index contributed by atoms with van der Waals surface area (Å²) in [4.78, 5) is 16.4. The molecule has 108 valence electrons. The molecule has 0 aliphatic carbocycles. The van der Waals surface area contributed by atoms with Crippen LogP contribution in [0.5, 0.6) is 0 Å². The fourth-order valence-electron chi connectivity index (χ4n) is 1.70. The Kier molecular flexibility index (Phi) is 6.14. The topological polar surface area (TPSA) is 46.9 Å². The minimum absolute atomic E-state index is 0.135. The third-order valence-electron chi connectivity index (χ3n) is 3.05.